The van der Waals surface area contributed by atoms with Crippen LogP contribution in [0.25, 0.3) is 0 Å². The van der Waals surface area contributed by atoms with E-state index in [9.17, 15) is 0 Å². The highest BCUT2D eigenvalue weighted by atomic mass is 32.1. The van der Waals surface area contributed by atoms with Crippen molar-refractivity contribution in [3.8, 4) is 0 Å². The van der Waals surface area contributed by atoms with Crippen LogP contribution in [0.2, 0.25) is 0 Å². The summed E-state index contributed by atoms with van der Waals surface area (Å²) in [6.07, 6.45) is 2.73. The maximum Gasteiger partial charge on any atom is 0.0698 e. The zero-order valence-electron chi connectivity index (χ0n) is 10.6. The summed E-state index contributed by atoms with van der Waals surface area (Å²) in [5.74, 6) is 0. The lowest BCUT2D eigenvalue weighted by atomic mass is 9.98. The van der Waals surface area contributed by atoms with Crippen LogP contribution in [0.5, 0.6) is 0 Å². The lowest BCUT2D eigenvalue weighted by Gasteiger charge is -2.39. The third-order valence-corrected chi connectivity index (χ3v) is 4.22. The maximum absolute atomic E-state index is 6.17. The summed E-state index contributed by atoms with van der Waals surface area (Å²) >= 11 is 1.74. The highest BCUT2D eigenvalue weighted by molar-refractivity contribution is 7.07. The third-order valence-electron chi connectivity index (χ3n) is 3.52. The molecule has 1 aromatic heterocycles. The number of rotatable bonds is 4. The maximum atomic E-state index is 6.17. The van der Waals surface area contributed by atoms with Crippen molar-refractivity contribution in [2.45, 2.75) is 38.0 Å². The quantitative estimate of drug-likeness (QED) is 0.895. The number of methoxy groups -OCH3 is 1. The Morgan fingerprint density at radius 3 is 3.00 bits per heavy atom. The fourth-order valence-corrected chi connectivity index (χ4v) is 3.39. The Labute approximate surface area is 108 Å². The van der Waals surface area contributed by atoms with Crippen molar-refractivity contribution >= 4 is 11.3 Å². The largest absolute Gasteiger partial charge is 0.380 e. The molecule has 0 amide bonds. The molecule has 0 aliphatic carbocycles. The Morgan fingerprint density at radius 1 is 1.59 bits per heavy atom. The highest BCUT2D eigenvalue weighted by Gasteiger charge is 2.29. The standard InChI is InChI=1S/C13H22N2OS/c1-10(14)13(11-5-7-17-9-11)15-6-3-4-12(8-15)16-2/h5,7,9-10,12-13H,3-4,6,8,14H2,1-2H3. The first kappa shape index (κ1) is 13.0. The van der Waals surface area contributed by atoms with E-state index >= 15 is 0 Å². The van der Waals surface area contributed by atoms with E-state index in [1.165, 1.54) is 18.4 Å². The number of likely N-dealkylation sites (tertiary alicyclic amines) is 1. The van der Waals surface area contributed by atoms with Crippen molar-refractivity contribution in [1.29, 1.82) is 0 Å². The molecule has 2 N–H and O–H groups in total. The summed E-state index contributed by atoms with van der Waals surface area (Å²) in [6.45, 7) is 4.22. The van der Waals surface area contributed by atoms with E-state index in [2.05, 4.69) is 28.7 Å². The van der Waals surface area contributed by atoms with E-state index in [1.807, 2.05) is 0 Å². The second kappa shape index (κ2) is 5.96. The lowest BCUT2D eigenvalue weighted by Crippen LogP contribution is -2.46. The van der Waals surface area contributed by atoms with Crippen LogP contribution in [0.3, 0.4) is 0 Å². The Kier molecular flexibility index (Phi) is 4.56. The van der Waals surface area contributed by atoms with E-state index < -0.39 is 0 Å². The van der Waals surface area contributed by atoms with Gasteiger partial charge in [-0.1, -0.05) is 0 Å². The van der Waals surface area contributed by atoms with E-state index in [4.69, 9.17) is 10.5 Å². The second-order valence-electron chi connectivity index (χ2n) is 4.86. The number of hydrogen-bond donors (Lipinski definition) is 1. The van der Waals surface area contributed by atoms with Crippen LogP contribution < -0.4 is 5.73 Å². The molecule has 0 saturated carbocycles. The molecule has 1 saturated heterocycles. The Morgan fingerprint density at radius 2 is 2.41 bits per heavy atom. The number of piperidine rings is 1. The van der Waals surface area contributed by atoms with Gasteiger partial charge in [0.25, 0.3) is 0 Å². The van der Waals surface area contributed by atoms with Gasteiger partial charge in [-0.25, -0.2) is 0 Å². The molecule has 0 aromatic carbocycles. The van der Waals surface area contributed by atoms with Crippen LogP contribution in [0.4, 0.5) is 0 Å². The minimum atomic E-state index is 0.153. The molecule has 2 heterocycles. The zero-order chi connectivity index (χ0) is 12.3. The van der Waals surface area contributed by atoms with Crippen molar-refractivity contribution < 1.29 is 4.74 Å². The fraction of sp³-hybridized carbons (Fsp3) is 0.692. The van der Waals surface area contributed by atoms with Crippen LogP contribution in [0.15, 0.2) is 16.8 Å². The minimum absolute atomic E-state index is 0.153. The smallest absolute Gasteiger partial charge is 0.0698 e. The van der Waals surface area contributed by atoms with Crippen LogP contribution in [0, 0.1) is 0 Å². The van der Waals surface area contributed by atoms with Crippen molar-refractivity contribution in [1.82, 2.24) is 4.90 Å². The molecule has 1 fully saturated rings. The monoisotopic (exact) mass is 254 g/mol. The molecular weight excluding hydrogens is 232 g/mol. The highest BCUT2D eigenvalue weighted by Crippen LogP contribution is 2.28. The molecule has 0 bridgehead atoms. The molecule has 1 aromatic rings. The van der Waals surface area contributed by atoms with E-state index in [0.29, 0.717) is 12.1 Å². The molecule has 17 heavy (non-hydrogen) atoms. The molecule has 3 unspecified atom stereocenters. The predicted molar refractivity (Wildman–Crippen MR) is 72.3 cm³/mol. The van der Waals surface area contributed by atoms with Gasteiger partial charge in [0.15, 0.2) is 0 Å². The molecule has 0 radical (unpaired) electrons. The summed E-state index contributed by atoms with van der Waals surface area (Å²) in [4.78, 5) is 2.48. The minimum Gasteiger partial charge on any atom is -0.380 e. The summed E-state index contributed by atoms with van der Waals surface area (Å²) in [6, 6.07) is 2.68. The lowest BCUT2D eigenvalue weighted by molar-refractivity contribution is 0.0104. The number of nitrogens with zero attached hydrogens (tertiary/aromatic N) is 1. The summed E-state index contributed by atoms with van der Waals surface area (Å²) in [5.41, 5.74) is 7.52. The van der Waals surface area contributed by atoms with Crippen LogP contribution in [-0.4, -0.2) is 37.2 Å². The normalized spacial score (nSPS) is 25.7. The van der Waals surface area contributed by atoms with Gasteiger partial charge < -0.3 is 10.5 Å². The third kappa shape index (κ3) is 3.07. The molecular formula is C13H22N2OS. The van der Waals surface area contributed by atoms with Gasteiger partial charge in [-0.2, -0.15) is 11.3 Å². The summed E-state index contributed by atoms with van der Waals surface area (Å²) in [7, 11) is 1.81. The second-order valence-corrected chi connectivity index (χ2v) is 5.64. The average molecular weight is 254 g/mol. The predicted octanol–water partition coefficient (Wildman–Crippen LogP) is 2.25. The molecule has 1 aliphatic heterocycles. The van der Waals surface area contributed by atoms with Gasteiger partial charge >= 0.3 is 0 Å². The van der Waals surface area contributed by atoms with Crippen molar-refractivity contribution in [3.05, 3.63) is 22.4 Å². The van der Waals surface area contributed by atoms with Gasteiger partial charge in [0.05, 0.1) is 12.1 Å². The molecule has 3 atom stereocenters. The first-order chi connectivity index (χ1) is 8.22. The van der Waals surface area contributed by atoms with Gasteiger partial charge in [-0.05, 0) is 48.7 Å². The first-order valence-electron chi connectivity index (χ1n) is 6.27. The number of ether oxygens (including phenoxy) is 1. The van der Waals surface area contributed by atoms with Crippen molar-refractivity contribution in [2.24, 2.45) is 5.73 Å². The van der Waals surface area contributed by atoms with Gasteiger partial charge in [0, 0.05) is 19.7 Å². The molecule has 1 aliphatic rings. The number of thiophene rings is 1. The van der Waals surface area contributed by atoms with E-state index in [0.717, 1.165) is 13.1 Å². The van der Waals surface area contributed by atoms with Gasteiger partial charge in [-0.15, -0.1) is 0 Å². The summed E-state index contributed by atoms with van der Waals surface area (Å²) in [5, 5.41) is 4.34. The SMILES string of the molecule is COC1CCCN(C(c2ccsc2)C(C)N)C1. The van der Waals surface area contributed by atoms with Crippen LogP contribution >= 0.6 is 11.3 Å². The number of nitrogens with two attached hydrogens (primary N) is 1. The molecule has 3 nitrogen and oxygen atoms in total. The van der Waals surface area contributed by atoms with Crippen molar-refractivity contribution in [2.75, 3.05) is 20.2 Å². The Bertz CT molecular complexity index is 326. The first-order valence-corrected chi connectivity index (χ1v) is 7.21. The molecule has 0 spiro atoms. The van der Waals surface area contributed by atoms with Crippen LogP contribution in [-0.2, 0) is 4.74 Å². The van der Waals surface area contributed by atoms with E-state index in [1.54, 1.807) is 18.4 Å². The molecule has 4 heteroatoms. The van der Waals surface area contributed by atoms with Gasteiger partial charge in [-0.3, -0.25) is 4.90 Å². The van der Waals surface area contributed by atoms with E-state index in [-0.39, 0.29) is 6.04 Å². The van der Waals surface area contributed by atoms with Crippen LogP contribution in [0.1, 0.15) is 31.4 Å². The summed E-state index contributed by atoms with van der Waals surface area (Å²) < 4.78 is 5.49. The van der Waals surface area contributed by atoms with Gasteiger partial charge in [0.1, 0.15) is 0 Å². The number of hydrogen-bond acceptors (Lipinski definition) is 4. The molecule has 96 valence electrons. The Hall–Kier alpha value is -0.420. The van der Waals surface area contributed by atoms with Gasteiger partial charge in [0.2, 0.25) is 0 Å². The fourth-order valence-electron chi connectivity index (χ4n) is 2.70. The van der Waals surface area contributed by atoms with Crippen molar-refractivity contribution in [3.63, 3.8) is 0 Å². The average Bonchev–Trinajstić information content (AvgIpc) is 2.83. The Balaban J connectivity index is 2.11. The molecule has 2 rings (SSSR count). The zero-order valence-corrected chi connectivity index (χ0v) is 11.5. The topological polar surface area (TPSA) is 38.5 Å².